The van der Waals surface area contributed by atoms with Crippen molar-refractivity contribution in [1.29, 1.82) is 0 Å². The third-order valence-electron chi connectivity index (χ3n) is 4.60. The lowest BCUT2D eigenvalue weighted by molar-refractivity contribution is 0.321. The van der Waals surface area contributed by atoms with Crippen LogP contribution in [0.3, 0.4) is 0 Å². The highest BCUT2D eigenvalue weighted by molar-refractivity contribution is 5.80. The number of rotatable bonds is 7. The number of guanidine groups is 1. The molecule has 1 fully saturated rings. The summed E-state index contributed by atoms with van der Waals surface area (Å²) in [6.07, 6.45) is 1.10. The van der Waals surface area contributed by atoms with Gasteiger partial charge in [0.25, 0.3) is 0 Å². The summed E-state index contributed by atoms with van der Waals surface area (Å²) in [5.74, 6) is 2.47. The van der Waals surface area contributed by atoms with E-state index in [1.165, 1.54) is 5.69 Å². The molecule has 0 aliphatic carbocycles. The van der Waals surface area contributed by atoms with Crippen LogP contribution in [-0.4, -0.2) is 52.4 Å². The molecule has 1 heterocycles. The van der Waals surface area contributed by atoms with E-state index in [4.69, 9.17) is 9.47 Å². The number of methoxy groups -OCH3 is 1. The van der Waals surface area contributed by atoms with Crippen LogP contribution in [0.4, 0.5) is 5.69 Å². The molecule has 6 nitrogen and oxygen atoms in total. The maximum atomic E-state index is 5.74. The van der Waals surface area contributed by atoms with Crippen LogP contribution in [0.15, 0.2) is 59.6 Å². The van der Waals surface area contributed by atoms with E-state index in [1.807, 2.05) is 24.3 Å². The van der Waals surface area contributed by atoms with Crippen LogP contribution >= 0.6 is 0 Å². The molecule has 0 aromatic heterocycles. The van der Waals surface area contributed by atoms with Gasteiger partial charge < -0.3 is 25.0 Å². The van der Waals surface area contributed by atoms with Crippen molar-refractivity contribution in [2.75, 3.05) is 45.3 Å². The zero-order valence-electron chi connectivity index (χ0n) is 16.0. The SMILES string of the molecule is CN=C(NCCOc1ccc(OC)cc1)NC1CCN(c2ccccc2)C1. The Morgan fingerprint density at radius 1 is 1.11 bits per heavy atom. The summed E-state index contributed by atoms with van der Waals surface area (Å²) in [4.78, 5) is 6.72. The van der Waals surface area contributed by atoms with Crippen LogP contribution in [0.2, 0.25) is 0 Å². The molecule has 27 heavy (non-hydrogen) atoms. The number of hydrogen-bond acceptors (Lipinski definition) is 4. The molecule has 2 aromatic carbocycles. The fourth-order valence-electron chi connectivity index (χ4n) is 3.15. The van der Waals surface area contributed by atoms with Crippen LogP contribution in [0.25, 0.3) is 0 Å². The van der Waals surface area contributed by atoms with E-state index >= 15 is 0 Å². The molecule has 0 saturated carbocycles. The van der Waals surface area contributed by atoms with E-state index in [2.05, 4.69) is 50.9 Å². The number of nitrogens with one attached hydrogen (secondary N) is 2. The number of nitrogens with zero attached hydrogens (tertiary/aromatic N) is 2. The summed E-state index contributed by atoms with van der Waals surface area (Å²) in [6.45, 7) is 3.28. The number of ether oxygens (including phenoxy) is 2. The third kappa shape index (κ3) is 5.54. The highest BCUT2D eigenvalue weighted by Crippen LogP contribution is 2.19. The van der Waals surface area contributed by atoms with Crippen molar-refractivity contribution in [3.63, 3.8) is 0 Å². The van der Waals surface area contributed by atoms with Crippen molar-refractivity contribution < 1.29 is 9.47 Å². The van der Waals surface area contributed by atoms with Crippen molar-refractivity contribution in [3.8, 4) is 11.5 Å². The topological polar surface area (TPSA) is 58.1 Å². The van der Waals surface area contributed by atoms with Crippen LogP contribution in [0, 0.1) is 0 Å². The molecule has 2 N–H and O–H groups in total. The molecule has 6 heteroatoms. The Labute approximate surface area is 161 Å². The standard InChI is InChI=1S/C21H28N4O2/c1-22-21(23-13-15-27-20-10-8-19(26-2)9-11-20)24-17-12-14-25(16-17)18-6-4-3-5-7-18/h3-11,17H,12-16H2,1-2H3,(H2,22,23,24). The summed E-state index contributed by atoms with van der Waals surface area (Å²) in [5, 5.41) is 6.82. The Kier molecular flexibility index (Phi) is 6.79. The molecule has 0 amide bonds. The normalized spacial score (nSPS) is 16.9. The van der Waals surface area contributed by atoms with Gasteiger partial charge in [0.1, 0.15) is 18.1 Å². The van der Waals surface area contributed by atoms with Gasteiger partial charge in [-0.05, 0) is 42.8 Å². The molecule has 0 spiro atoms. The first-order valence-corrected chi connectivity index (χ1v) is 9.32. The van der Waals surface area contributed by atoms with Gasteiger partial charge in [0, 0.05) is 31.9 Å². The summed E-state index contributed by atoms with van der Waals surface area (Å²) in [6, 6.07) is 18.5. The van der Waals surface area contributed by atoms with Crippen molar-refractivity contribution >= 4 is 11.6 Å². The Bertz CT molecular complexity index is 719. The highest BCUT2D eigenvalue weighted by atomic mass is 16.5. The van der Waals surface area contributed by atoms with Gasteiger partial charge in [-0.2, -0.15) is 0 Å². The maximum absolute atomic E-state index is 5.74. The van der Waals surface area contributed by atoms with Gasteiger partial charge >= 0.3 is 0 Å². The second-order valence-corrected chi connectivity index (χ2v) is 6.43. The predicted molar refractivity (Wildman–Crippen MR) is 110 cm³/mol. The zero-order chi connectivity index (χ0) is 18.9. The second-order valence-electron chi connectivity index (χ2n) is 6.43. The summed E-state index contributed by atoms with van der Waals surface area (Å²) in [5.41, 5.74) is 1.28. The maximum Gasteiger partial charge on any atom is 0.191 e. The first-order valence-electron chi connectivity index (χ1n) is 9.32. The third-order valence-corrected chi connectivity index (χ3v) is 4.60. The first kappa shape index (κ1) is 18.9. The lowest BCUT2D eigenvalue weighted by Gasteiger charge is -2.20. The smallest absolute Gasteiger partial charge is 0.191 e. The second kappa shape index (κ2) is 9.71. The van der Waals surface area contributed by atoms with Gasteiger partial charge in [-0.3, -0.25) is 4.99 Å². The van der Waals surface area contributed by atoms with Crippen molar-refractivity contribution in [3.05, 3.63) is 54.6 Å². The number of anilines is 1. The first-order chi connectivity index (χ1) is 13.3. The summed E-state index contributed by atoms with van der Waals surface area (Å²) in [7, 11) is 3.45. The largest absolute Gasteiger partial charge is 0.497 e. The lowest BCUT2D eigenvalue weighted by atomic mass is 10.3. The van der Waals surface area contributed by atoms with E-state index in [-0.39, 0.29) is 0 Å². The van der Waals surface area contributed by atoms with Crippen LogP contribution in [0.1, 0.15) is 6.42 Å². The van der Waals surface area contributed by atoms with Crippen molar-refractivity contribution in [2.24, 2.45) is 4.99 Å². The van der Waals surface area contributed by atoms with E-state index in [0.717, 1.165) is 37.0 Å². The molecular weight excluding hydrogens is 340 g/mol. The van der Waals surface area contributed by atoms with Crippen molar-refractivity contribution in [2.45, 2.75) is 12.5 Å². The average Bonchev–Trinajstić information content (AvgIpc) is 3.20. The summed E-state index contributed by atoms with van der Waals surface area (Å²) < 4.78 is 10.9. The van der Waals surface area contributed by atoms with Gasteiger partial charge in [0.05, 0.1) is 13.7 Å². The number of para-hydroxylation sites is 1. The Balaban J connectivity index is 1.38. The minimum atomic E-state index is 0.388. The zero-order valence-corrected chi connectivity index (χ0v) is 16.0. The van der Waals surface area contributed by atoms with E-state index in [0.29, 0.717) is 19.2 Å². The van der Waals surface area contributed by atoms with Crippen LogP contribution < -0.4 is 25.0 Å². The lowest BCUT2D eigenvalue weighted by Crippen LogP contribution is -2.45. The Hall–Kier alpha value is -2.89. The quantitative estimate of drug-likeness (QED) is 0.447. The number of benzene rings is 2. The fraction of sp³-hybridized carbons (Fsp3) is 0.381. The molecule has 3 rings (SSSR count). The van der Waals surface area contributed by atoms with Gasteiger partial charge in [-0.25, -0.2) is 0 Å². The van der Waals surface area contributed by atoms with E-state index < -0.39 is 0 Å². The molecule has 1 unspecified atom stereocenters. The molecule has 0 radical (unpaired) electrons. The van der Waals surface area contributed by atoms with E-state index in [9.17, 15) is 0 Å². The molecule has 1 aliphatic rings. The summed E-state index contributed by atoms with van der Waals surface area (Å²) >= 11 is 0. The molecular formula is C21H28N4O2. The average molecular weight is 368 g/mol. The van der Waals surface area contributed by atoms with Gasteiger partial charge in [0.15, 0.2) is 5.96 Å². The molecule has 0 bridgehead atoms. The van der Waals surface area contributed by atoms with Crippen molar-refractivity contribution in [1.82, 2.24) is 10.6 Å². The molecule has 1 saturated heterocycles. The number of hydrogen-bond donors (Lipinski definition) is 2. The molecule has 144 valence electrons. The van der Waals surface area contributed by atoms with Gasteiger partial charge in [0.2, 0.25) is 0 Å². The highest BCUT2D eigenvalue weighted by Gasteiger charge is 2.23. The van der Waals surface area contributed by atoms with E-state index in [1.54, 1.807) is 14.2 Å². The van der Waals surface area contributed by atoms with Gasteiger partial charge in [-0.15, -0.1) is 0 Å². The molecule has 1 atom stereocenters. The minimum Gasteiger partial charge on any atom is -0.497 e. The fourth-order valence-corrected chi connectivity index (χ4v) is 3.15. The predicted octanol–water partition coefficient (Wildman–Crippen LogP) is 2.52. The van der Waals surface area contributed by atoms with Gasteiger partial charge in [-0.1, -0.05) is 18.2 Å². The Morgan fingerprint density at radius 3 is 2.56 bits per heavy atom. The molecule has 2 aromatic rings. The Morgan fingerprint density at radius 2 is 1.85 bits per heavy atom. The van der Waals surface area contributed by atoms with Crippen LogP contribution in [0.5, 0.6) is 11.5 Å². The minimum absolute atomic E-state index is 0.388. The molecule has 1 aliphatic heterocycles. The number of aliphatic imine (C=N–C) groups is 1. The monoisotopic (exact) mass is 368 g/mol. The van der Waals surface area contributed by atoms with Crippen LogP contribution in [-0.2, 0) is 0 Å².